The first kappa shape index (κ1) is 28.9. The average Bonchev–Trinajstić information content (AvgIpc) is 3.54. The quantitative estimate of drug-likeness (QED) is 0.180. The molecule has 3 aliphatic rings. The molecule has 0 bridgehead atoms. The van der Waals surface area contributed by atoms with Gasteiger partial charge in [-0.3, -0.25) is 0 Å². The molecule has 6 aromatic carbocycles. The van der Waals surface area contributed by atoms with Crippen LogP contribution in [0.25, 0.3) is 27.5 Å². The average molecular weight is 634 g/mol. The monoisotopic (exact) mass is 633 g/mol. The van der Waals surface area contributed by atoms with Gasteiger partial charge in [0.05, 0.1) is 11.4 Å². The van der Waals surface area contributed by atoms with E-state index in [2.05, 4.69) is 187 Å². The number of anilines is 3. The van der Waals surface area contributed by atoms with Crippen molar-refractivity contribution in [1.82, 2.24) is 0 Å². The van der Waals surface area contributed by atoms with Crippen LogP contribution in [0.3, 0.4) is 0 Å². The summed E-state index contributed by atoms with van der Waals surface area (Å²) in [5.74, 6) is 0.696. The molecule has 3 unspecified atom stereocenters. The third-order valence-electron chi connectivity index (χ3n) is 9.96. The lowest BCUT2D eigenvalue weighted by Crippen LogP contribution is -2.17. The normalized spacial score (nSPS) is 19.4. The van der Waals surface area contributed by atoms with Crippen molar-refractivity contribution in [3.05, 3.63) is 199 Å². The summed E-state index contributed by atoms with van der Waals surface area (Å²) in [7, 11) is 0. The van der Waals surface area contributed by atoms with Gasteiger partial charge in [-0.2, -0.15) is 0 Å². The number of hydrogen-bond acceptors (Lipinski definition) is 2. The van der Waals surface area contributed by atoms with Crippen molar-refractivity contribution in [2.45, 2.75) is 22.5 Å². The van der Waals surface area contributed by atoms with Gasteiger partial charge in [-0.25, -0.2) is 0 Å². The molecule has 2 heteroatoms. The lowest BCUT2D eigenvalue weighted by Gasteiger charge is -2.31. The van der Waals surface area contributed by atoms with Gasteiger partial charge in [0, 0.05) is 33.2 Å². The highest BCUT2D eigenvalue weighted by Gasteiger charge is 2.37. The second-order valence-electron chi connectivity index (χ2n) is 12.8. The summed E-state index contributed by atoms with van der Waals surface area (Å²) in [6.45, 7) is 0. The Morgan fingerprint density at radius 2 is 1.35 bits per heavy atom. The van der Waals surface area contributed by atoms with E-state index in [1.165, 1.54) is 60.4 Å². The van der Waals surface area contributed by atoms with E-state index in [1.807, 2.05) is 11.8 Å². The van der Waals surface area contributed by atoms with Gasteiger partial charge >= 0.3 is 0 Å². The van der Waals surface area contributed by atoms with Crippen molar-refractivity contribution >= 4 is 45.2 Å². The number of para-hydroxylation sites is 2. The van der Waals surface area contributed by atoms with Crippen molar-refractivity contribution in [2.24, 2.45) is 5.92 Å². The topological polar surface area (TPSA) is 3.24 Å². The highest BCUT2D eigenvalue weighted by molar-refractivity contribution is 8.00. The number of thioether (sulfide) groups is 1. The molecule has 0 N–H and O–H groups in total. The third-order valence-corrected chi connectivity index (χ3v) is 11.3. The minimum absolute atomic E-state index is 0.306. The molecule has 2 aliphatic carbocycles. The molecule has 3 atom stereocenters. The Morgan fingerprint density at radius 3 is 2.23 bits per heavy atom. The molecule has 0 spiro atoms. The number of allylic oxidation sites excluding steroid dienone is 7. The molecular formula is C46H35NS. The molecule has 1 heterocycles. The van der Waals surface area contributed by atoms with E-state index in [0.717, 1.165) is 12.1 Å². The minimum atomic E-state index is 0.306. The van der Waals surface area contributed by atoms with Crippen molar-refractivity contribution in [2.75, 3.05) is 4.90 Å². The van der Waals surface area contributed by atoms with Crippen LogP contribution >= 0.6 is 11.8 Å². The maximum atomic E-state index is 2.55. The molecule has 48 heavy (non-hydrogen) atoms. The van der Waals surface area contributed by atoms with Crippen molar-refractivity contribution in [3.63, 3.8) is 0 Å². The molecule has 6 aromatic rings. The van der Waals surface area contributed by atoms with E-state index < -0.39 is 0 Å². The summed E-state index contributed by atoms with van der Waals surface area (Å²) in [6.07, 6.45) is 15.4. The van der Waals surface area contributed by atoms with E-state index in [-0.39, 0.29) is 0 Å². The summed E-state index contributed by atoms with van der Waals surface area (Å²) in [4.78, 5) is 3.86. The van der Waals surface area contributed by atoms with Gasteiger partial charge in [0.25, 0.3) is 0 Å². The van der Waals surface area contributed by atoms with Crippen LogP contribution in [0.5, 0.6) is 0 Å². The largest absolute Gasteiger partial charge is 0.310 e. The molecule has 0 fully saturated rings. The fourth-order valence-corrected chi connectivity index (χ4v) is 9.05. The number of hydrogen-bond donors (Lipinski definition) is 0. The highest BCUT2D eigenvalue weighted by atomic mass is 32.2. The first-order chi connectivity index (χ1) is 23.8. The van der Waals surface area contributed by atoms with Gasteiger partial charge in [0.15, 0.2) is 0 Å². The Bertz CT molecular complexity index is 2260. The summed E-state index contributed by atoms with van der Waals surface area (Å²) in [5, 5.41) is 2.88. The predicted molar refractivity (Wildman–Crippen MR) is 205 cm³/mol. The minimum Gasteiger partial charge on any atom is -0.310 e. The summed E-state index contributed by atoms with van der Waals surface area (Å²) in [6, 6.07) is 52.9. The smallest absolute Gasteiger partial charge is 0.0540 e. The van der Waals surface area contributed by atoms with Gasteiger partial charge < -0.3 is 4.90 Å². The molecular weight excluding hydrogens is 599 g/mol. The second-order valence-corrected chi connectivity index (χ2v) is 14.0. The zero-order valence-electron chi connectivity index (χ0n) is 26.6. The van der Waals surface area contributed by atoms with Crippen LogP contribution in [0.4, 0.5) is 17.1 Å². The van der Waals surface area contributed by atoms with Crippen molar-refractivity contribution in [1.29, 1.82) is 0 Å². The molecule has 0 saturated heterocycles. The Kier molecular flexibility index (Phi) is 7.44. The molecule has 0 aromatic heterocycles. The van der Waals surface area contributed by atoms with Gasteiger partial charge in [0.2, 0.25) is 0 Å². The Hall–Kier alpha value is -5.31. The Labute approximate surface area is 287 Å². The second kappa shape index (κ2) is 12.4. The molecule has 230 valence electrons. The maximum Gasteiger partial charge on any atom is 0.0540 e. The van der Waals surface area contributed by atoms with Crippen LogP contribution in [-0.2, 0) is 0 Å². The van der Waals surface area contributed by atoms with E-state index in [4.69, 9.17) is 0 Å². The van der Waals surface area contributed by atoms with Crippen molar-refractivity contribution < 1.29 is 0 Å². The Morgan fingerprint density at radius 1 is 0.604 bits per heavy atom. The Balaban J connectivity index is 1.10. The van der Waals surface area contributed by atoms with Crippen LogP contribution in [0, 0.1) is 5.92 Å². The maximum absolute atomic E-state index is 2.55. The predicted octanol–water partition coefficient (Wildman–Crippen LogP) is 12.7. The third kappa shape index (κ3) is 5.23. The number of fused-ring (bicyclic) bond motifs is 4. The van der Waals surface area contributed by atoms with E-state index in [9.17, 15) is 0 Å². The lowest BCUT2D eigenvalue weighted by molar-refractivity contribution is 0.767. The SMILES string of the molecule is C1=CC(C2=CC3Sc4cccc(N(c5ccccc5)c5ccccc5-c5ccc6ccccc6c5)c4C3C=C2)CC(c2ccccc2)=C1. The first-order valence-electron chi connectivity index (χ1n) is 16.9. The van der Waals surface area contributed by atoms with E-state index in [0.29, 0.717) is 17.1 Å². The molecule has 9 rings (SSSR count). The molecule has 1 aliphatic heterocycles. The first-order valence-corrected chi connectivity index (χ1v) is 17.7. The summed E-state index contributed by atoms with van der Waals surface area (Å²) in [5.41, 5.74) is 11.6. The number of benzene rings is 6. The standard InChI is InChI=1S/C46H35NS/c1-3-13-32(14-4-1)35-17-11-18-36(29-35)37-27-28-41-45(31-37)48-44-24-12-23-43(46(41)44)47(39-19-5-2-6-20-39)42-22-10-9-21-40(42)38-26-25-33-15-7-8-16-34(33)30-38/h1-28,30-31,36,41,45H,29H2. The zero-order valence-corrected chi connectivity index (χ0v) is 27.4. The molecule has 0 radical (unpaired) electrons. The van der Waals surface area contributed by atoms with Crippen LogP contribution in [-0.4, -0.2) is 5.25 Å². The molecule has 1 nitrogen and oxygen atoms in total. The fraction of sp³-hybridized carbons (Fsp3) is 0.0870. The van der Waals surface area contributed by atoms with Crippen LogP contribution in [0.15, 0.2) is 193 Å². The zero-order chi connectivity index (χ0) is 31.9. The lowest BCUT2D eigenvalue weighted by atomic mass is 9.80. The summed E-state index contributed by atoms with van der Waals surface area (Å²) >= 11 is 2.02. The van der Waals surface area contributed by atoms with Gasteiger partial charge in [-0.05, 0) is 81.4 Å². The highest BCUT2D eigenvalue weighted by Crippen LogP contribution is 2.55. The van der Waals surface area contributed by atoms with Crippen LogP contribution in [0.2, 0.25) is 0 Å². The number of nitrogens with zero attached hydrogens (tertiary/aromatic N) is 1. The van der Waals surface area contributed by atoms with Crippen molar-refractivity contribution in [3.8, 4) is 11.1 Å². The summed E-state index contributed by atoms with van der Waals surface area (Å²) < 4.78 is 0. The molecule has 0 amide bonds. The van der Waals surface area contributed by atoms with Crippen LogP contribution < -0.4 is 4.90 Å². The fourth-order valence-electron chi connectivity index (χ4n) is 7.63. The van der Waals surface area contributed by atoms with Gasteiger partial charge in [-0.15, -0.1) is 11.8 Å². The molecule has 0 saturated carbocycles. The number of rotatable bonds is 6. The van der Waals surface area contributed by atoms with Crippen LogP contribution in [0.1, 0.15) is 23.5 Å². The van der Waals surface area contributed by atoms with E-state index >= 15 is 0 Å². The van der Waals surface area contributed by atoms with E-state index in [1.54, 1.807) is 0 Å². The van der Waals surface area contributed by atoms with Gasteiger partial charge in [0.1, 0.15) is 0 Å². The van der Waals surface area contributed by atoms with Gasteiger partial charge in [-0.1, -0.05) is 146 Å².